The van der Waals surface area contributed by atoms with Crippen molar-refractivity contribution in [3.05, 3.63) is 17.7 Å². The molecule has 0 radical (unpaired) electrons. The summed E-state index contributed by atoms with van der Waals surface area (Å²) in [5, 5.41) is 10.7. The summed E-state index contributed by atoms with van der Waals surface area (Å²) in [5.74, 6) is 4.14. The van der Waals surface area contributed by atoms with Crippen LogP contribution >= 0.6 is 23.1 Å². The van der Waals surface area contributed by atoms with Crippen molar-refractivity contribution >= 4 is 28.1 Å². The predicted octanol–water partition coefficient (Wildman–Crippen LogP) is 2.56. The first-order valence-corrected chi connectivity index (χ1v) is 8.01. The molecule has 0 atom stereocenters. The van der Waals surface area contributed by atoms with Crippen molar-refractivity contribution in [2.75, 3.05) is 5.84 Å². The van der Waals surface area contributed by atoms with E-state index in [1.807, 2.05) is 20.8 Å². The summed E-state index contributed by atoms with van der Waals surface area (Å²) >= 11 is 2.15. The van der Waals surface area contributed by atoms with Gasteiger partial charge in [-0.25, -0.2) is 14.2 Å². The molecule has 0 saturated carbocycles. The smallest absolute Gasteiger partial charge is 0.335 e. The number of nitrogens with zero attached hydrogens (tertiary/aromatic N) is 6. The number of alkyl halides is 3. The summed E-state index contributed by atoms with van der Waals surface area (Å²) in [6.45, 7) is 6.10. The molecule has 3 rings (SSSR count). The van der Waals surface area contributed by atoms with E-state index in [2.05, 4.69) is 20.3 Å². The molecule has 124 valence electrons. The van der Waals surface area contributed by atoms with Crippen molar-refractivity contribution in [2.24, 2.45) is 0 Å². The monoisotopic (exact) mass is 363 g/mol. The van der Waals surface area contributed by atoms with Gasteiger partial charge in [0.25, 0.3) is 5.82 Å². The number of rotatable bonds is 2. The first-order chi connectivity index (χ1) is 10.6. The van der Waals surface area contributed by atoms with Gasteiger partial charge in [-0.2, -0.15) is 13.2 Å². The Morgan fingerprint density at radius 3 is 2.43 bits per heavy atom. The van der Waals surface area contributed by atoms with E-state index in [1.165, 1.54) is 11.3 Å². The molecule has 0 bridgehead atoms. The second-order valence-electron chi connectivity index (χ2n) is 5.75. The zero-order chi connectivity index (χ0) is 17.0. The fraction of sp³-hybridized carbons (Fsp3) is 0.455. The second-order valence-corrected chi connectivity index (χ2v) is 7.92. The Morgan fingerprint density at radius 2 is 1.91 bits per heavy atom. The lowest BCUT2D eigenvalue weighted by Gasteiger charge is -2.13. The Bertz CT molecular complexity index is 824. The highest BCUT2D eigenvalue weighted by molar-refractivity contribution is 8.01. The first-order valence-electron chi connectivity index (χ1n) is 6.38. The standard InChI is InChI=1S/C11H12F3N7S2/c1-10(2,3)5-4-20-7(16-5)22-9(19-20)23-8-18-17-6(21(8)15)11(12,13)14/h4H,15H2,1-3H3. The van der Waals surface area contributed by atoms with Gasteiger partial charge in [-0.15, -0.1) is 15.3 Å². The minimum absolute atomic E-state index is 0.0922. The summed E-state index contributed by atoms with van der Waals surface area (Å²) in [6.07, 6.45) is -2.86. The van der Waals surface area contributed by atoms with Crippen molar-refractivity contribution in [2.45, 2.75) is 41.9 Å². The lowest BCUT2D eigenvalue weighted by atomic mass is 9.93. The third kappa shape index (κ3) is 3.00. The quantitative estimate of drug-likeness (QED) is 0.704. The number of fused-ring (bicyclic) bond motifs is 1. The Labute approximate surface area is 136 Å². The van der Waals surface area contributed by atoms with Gasteiger partial charge in [0.05, 0.1) is 11.9 Å². The Balaban J connectivity index is 1.88. The van der Waals surface area contributed by atoms with Crippen molar-refractivity contribution < 1.29 is 13.2 Å². The summed E-state index contributed by atoms with van der Waals surface area (Å²) in [5.41, 5.74) is 0.772. The van der Waals surface area contributed by atoms with Gasteiger partial charge in [0.1, 0.15) is 0 Å². The number of hydrogen-bond acceptors (Lipinski definition) is 7. The van der Waals surface area contributed by atoms with E-state index < -0.39 is 12.0 Å². The lowest BCUT2D eigenvalue weighted by Crippen LogP contribution is -2.21. The number of imidazole rings is 1. The van der Waals surface area contributed by atoms with Crippen LogP contribution in [-0.4, -0.2) is 29.5 Å². The van der Waals surface area contributed by atoms with E-state index in [0.29, 0.717) is 14.0 Å². The number of halogens is 3. The number of aromatic nitrogens is 6. The van der Waals surface area contributed by atoms with Gasteiger partial charge in [0, 0.05) is 5.41 Å². The van der Waals surface area contributed by atoms with E-state index in [1.54, 1.807) is 10.7 Å². The maximum Gasteiger partial charge on any atom is 0.453 e. The summed E-state index contributed by atoms with van der Waals surface area (Å²) < 4.78 is 40.4. The Kier molecular flexibility index (Phi) is 3.55. The summed E-state index contributed by atoms with van der Waals surface area (Å²) in [4.78, 5) is 5.11. The van der Waals surface area contributed by atoms with Crippen LogP contribution in [0.4, 0.5) is 13.2 Å². The molecule has 0 aliphatic heterocycles. The predicted molar refractivity (Wildman–Crippen MR) is 78.9 cm³/mol. The van der Waals surface area contributed by atoms with Gasteiger partial charge in [0.15, 0.2) is 4.34 Å². The molecular weight excluding hydrogens is 351 g/mol. The number of hydrogen-bond donors (Lipinski definition) is 1. The van der Waals surface area contributed by atoms with Crippen LogP contribution in [0.1, 0.15) is 32.3 Å². The van der Waals surface area contributed by atoms with E-state index >= 15 is 0 Å². The molecular formula is C11H12F3N7S2. The van der Waals surface area contributed by atoms with Gasteiger partial charge in [0.2, 0.25) is 10.1 Å². The third-order valence-corrected chi connectivity index (χ3v) is 4.82. The highest BCUT2D eigenvalue weighted by Crippen LogP contribution is 2.34. The van der Waals surface area contributed by atoms with Crippen LogP contribution in [0, 0.1) is 0 Å². The number of nitrogen functional groups attached to an aromatic ring is 1. The molecule has 23 heavy (non-hydrogen) atoms. The minimum atomic E-state index is -4.65. The Hall–Kier alpha value is -1.82. The average molecular weight is 363 g/mol. The molecule has 0 aliphatic carbocycles. The molecule has 3 aromatic rings. The molecule has 0 unspecified atom stereocenters. The second kappa shape index (κ2) is 5.09. The topological polar surface area (TPSA) is 86.9 Å². The molecule has 3 heterocycles. The van der Waals surface area contributed by atoms with E-state index in [0.717, 1.165) is 17.5 Å². The molecule has 0 aliphatic rings. The van der Waals surface area contributed by atoms with Crippen molar-refractivity contribution in [1.82, 2.24) is 29.5 Å². The van der Waals surface area contributed by atoms with Gasteiger partial charge in [-0.3, -0.25) is 0 Å². The van der Waals surface area contributed by atoms with E-state index in [9.17, 15) is 13.2 Å². The molecule has 3 aromatic heterocycles. The van der Waals surface area contributed by atoms with Crippen LogP contribution in [0.25, 0.3) is 4.96 Å². The maximum atomic E-state index is 12.6. The third-order valence-electron chi connectivity index (χ3n) is 2.89. The normalized spacial score (nSPS) is 13.1. The average Bonchev–Trinajstić information content (AvgIpc) is 3.01. The van der Waals surface area contributed by atoms with Crippen LogP contribution in [0.5, 0.6) is 0 Å². The van der Waals surface area contributed by atoms with Crippen LogP contribution in [0.15, 0.2) is 15.7 Å². The van der Waals surface area contributed by atoms with E-state index in [-0.39, 0.29) is 10.6 Å². The lowest BCUT2D eigenvalue weighted by molar-refractivity contribution is -0.146. The molecule has 0 fully saturated rings. The zero-order valence-electron chi connectivity index (χ0n) is 12.3. The molecule has 0 amide bonds. The molecule has 0 spiro atoms. The molecule has 0 aromatic carbocycles. The molecule has 0 saturated heterocycles. The molecule has 2 N–H and O–H groups in total. The SMILES string of the molecule is CC(C)(C)c1cn2nc(Sc3nnc(C(F)(F)F)n3N)sc2n1. The summed E-state index contributed by atoms with van der Waals surface area (Å²) in [7, 11) is 0. The fourth-order valence-electron chi connectivity index (χ4n) is 1.70. The molecule has 7 nitrogen and oxygen atoms in total. The van der Waals surface area contributed by atoms with Crippen molar-refractivity contribution in [1.29, 1.82) is 0 Å². The van der Waals surface area contributed by atoms with Gasteiger partial charge < -0.3 is 5.84 Å². The van der Waals surface area contributed by atoms with Crippen LogP contribution in [0.3, 0.4) is 0 Å². The van der Waals surface area contributed by atoms with Gasteiger partial charge in [-0.1, -0.05) is 32.1 Å². The highest BCUT2D eigenvalue weighted by Gasteiger charge is 2.38. The Morgan fingerprint density at radius 1 is 1.22 bits per heavy atom. The minimum Gasteiger partial charge on any atom is -0.335 e. The van der Waals surface area contributed by atoms with Crippen LogP contribution in [0.2, 0.25) is 0 Å². The van der Waals surface area contributed by atoms with E-state index in [4.69, 9.17) is 5.84 Å². The fourth-order valence-corrected chi connectivity index (χ4v) is 3.48. The molecule has 12 heteroatoms. The van der Waals surface area contributed by atoms with Crippen LogP contribution in [-0.2, 0) is 11.6 Å². The highest BCUT2D eigenvalue weighted by atomic mass is 32.2. The van der Waals surface area contributed by atoms with Gasteiger partial charge >= 0.3 is 6.18 Å². The van der Waals surface area contributed by atoms with Crippen molar-refractivity contribution in [3.8, 4) is 0 Å². The van der Waals surface area contributed by atoms with Crippen molar-refractivity contribution in [3.63, 3.8) is 0 Å². The number of nitrogens with two attached hydrogens (primary N) is 1. The summed E-state index contributed by atoms with van der Waals surface area (Å²) in [6, 6.07) is 0. The van der Waals surface area contributed by atoms with Gasteiger partial charge in [-0.05, 0) is 11.8 Å². The zero-order valence-corrected chi connectivity index (χ0v) is 13.9. The van der Waals surface area contributed by atoms with Crippen LogP contribution < -0.4 is 5.84 Å². The first kappa shape index (κ1) is 16.1. The maximum absolute atomic E-state index is 12.6. The largest absolute Gasteiger partial charge is 0.453 e.